The Balaban J connectivity index is 1.57. The molecule has 10 heteroatoms. The Morgan fingerprint density at radius 1 is 1.05 bits per heavy atom. The van der Waals surface area contributed by atoms with E-state index in [1.807, 2.05) is 60.7 Å². The number of nitrogen functional groups attached to an aromatic ring is 1. The third kappa shape index (κ3) is 6.59. The minimum absolute atomic E-state index is 0.0855. The lowest BCUT2D eigenvalue weighted by Gasteiger charge is -2.33. The minimum Gasteiger partial charge on any atom is -0.453 e. The Morgan fingerprint density at radius 3 is 2.23 bits per heavy atom. The molecule has 202 valence electrons. The second-order valence-corrected chi connectivity index (χ2v) is 9.27. The second kappa shape index (κ2) is 12.7. The average molecular weight is 529 g/mol. The summed E-state index contributed by atoms with van der Waals surface area (Å²) in [5.41, 5.74) is 8.26. The summed E-state index contributed by atoms with van der Waals surface area (Å²) in [4.78, 5) is 45.5. The van der Waals surface area contributed by atoms with Crippen molar-refractivity contribution in [2.24, 2.45) is 5.73 Å². The van der Waals surface area contributed by atoms with Crippen molar-refractivity contribution in [2.75, 3.05) is 13.7 Å². The number of likely N-dealkylation sites (tertiary alicyclic amines) is 1. The van der Waals surface area contributed by atoms with Crippen LogP contribution in [0.2, 0.25) is 0 Å². The molecule has 0 radical (unpaired) electrons. The van der Waals surface area contributed by atoms with E-state index < -0.39 is 24.1 Å². The van der Waals surface area contributed by atoms with Crippen LogP contribution in [0.15, 0.2) is 79.0 Å². The van der Waals surface area contributed by atoms with Crippen LogP contribution in [-0.2, 0) is 20.9 Å². The molecule has 1 aromatic heterocycles. The number of amides is 3. The Morgan fingerprint density at radius 2 is 1.69 bits per heavy atom. The Labute approximate surface area is 227 Å². The highest BCUT2D eigenvalue weighted by Crippen LogP contribution is 2.31. The molecule has 0 spiro atoms. The zero-order valence-corrected chi connectivity index (χ0v) is 21.7. The molecule has 1 fully saturated rings. The van der Waals surface area contributed by atoms with Crippen molar-refractivity contribution < 1.29 is 19.1 Å². The van der Waals surface area contributed by atoms with E-state index in [4.69, 9.17) is 15.9 Å². The largest absolute Gasteiger partial charge is 0.453 e. The van der Waals surface area contributed by atoms with Gasteiger partial charge in [-0.15, -0.1) is 0 Å². The summed E-state index contributed by atoms with van der Waals surface area (Å²) in [5, 5.41) is 13.1. The van der Waals surface area contributed by atoms with E-state index in [1.54, 1.807) is 17.0 Å². The van der Waals surface area contributed by atoms with E-state index in [9.17, 15) is 14.4 Å². The highest BCUT2D eigenvalue weighted by Gasteiger charge is 2.41. The molecule has 3 amide bonds. The maximum atomic E-state index is 14.1. The second-order valence-electron chi connectivity index (χ2n) is 9.27. The van der Waals surface area contributed by atoms with Gasteiger partial charge >= 0.3 is 6.09 Å². The van der Waals surface area contributed by atoms with Crippen LogP contribution in [0.3, 0.4) is 0 Å². The van der Waals surface area contributed by atoms with Gasteiger partial charge in [0.15, 0.2) is 0 Å². The zero-order chi connectivity index (χ0) is 27.8. The van der Waals surface area contributed by atoms with E-state index in [-0.39, 0.29) is 24.2 Å². The number of carbonyl (C=O) groups is 3. The third-order valence-electron chi connectivity index (χ3n) is 6.79. The number of pyridine rings is 1. The fourth-order valence-electron chi connectivity index (χ4n) is 4.84. The highest BCUT2D eigenvalue weighted by molar-refractivity contribution is 5.94. The number of alkyl carbamates (subject to hydrolysis) is 1. The summed E-state index contributed by atoms with van der Waals surface area (Å²) in [6.45, 7) is 0.550. The first-order valence-electron chi connectivity index (χ1n) is 12.7. The van der Waals surface area contributed by atoms with Crippen LogP contribution >= 0.6 is 0 Å². The van der Waals surface area contributed by atoms with Gasteiger partial charge in [-0.3, -0.25) is 20.0 Å². The monoisotopic (exact) mass is 528 g/mol. The van der Waals surface area contributed by atoms with Crippen LogP contribution in [0.5, 0.6) is 0 Å². The first-order chi connectivity index (χ1) is 18.9. The molecular formula is C29H32N6O4. The van der Waals surface area contributed by atoms with Gasteiger partial charge in [0.2, 0.25) is 11.8 Å². The zero-order valence-electron chi connectivity index (χ0n) is 21.7. The molecule has 0 unspecified atom stereocenters. The number of nitrogens with two attached hydrogens (primary N) is 1. The summed E-state index contributed by atoms with van der Waals surface area (Å²) in [5.74, 6) is -1.25. The number of rotatable bonds is 9. The van der Waals surface area contributed by atoms with Gasteiger partial charge in [-0.1, -0.05) is 60.7 Å². The summed E-state index contributed by atoms with van der Waals surface area (Å²) in [6, 6.07) is 20.6. The molecule has 2 atom stereocenters. The quantitative estimate of drug-likeness (QED) is 0.248. The van der Waals surface area contributed by atoms with Crippen molar-refractivity contribution in [3.63, 3.8) is 0 Å². The average Bonchev–Trinajstić information content (AvgIpc) is 3.47. The van der Waals surface area contributed by atoms with E-state index in [2.05, 4.69) is 15.6 Å². The lowest BCUT2D eigenvalue weighted by Crippen LogP contribution is -2.55. The number of benzene rings is 2. The molecule has 0 saturated carbocycles. The lowest BCUT2D eigenvalue weighted by atomic mass is 9.84. The van der Waals surface area contributed by atoms with Crippen molar-refractivity contribution in [1.82, 2.24) is 20.5 Å². The molecular weight excluding hydrogens is 496 g/mol. The summed E-state index contributed by atoms with van der Waals surface area (Å²) < 4.78 is 4.87. The van der Waals surface area contributed by atoms with Crippen molar-refractivity contribution in [3.8, 4) is 0 Å². The van der Waals surface area contributed by atoms with Crippen LogP contribution < -0.4 is 16.4 Å². The summed E-state index contributed by atoms with van der Waals surface area (Å²) in [6.07, 6.45) is 1.90. The van der Waals surface area contributed by atoms with Gasteiger partial charge in [-0.25, -0.2) is 4.79 Å². The van der Waals surface area contributed by atoms with Crippen molar-refractivity contribution >= 4 is 23.7 Å². The van der Waals surface area contributed by atoms with Crippen LogP contribution in [0.1, 0.15) is 41.1 Å². The highest BCUT2D eigenvalue weighted by atomic mass is 16.5. The van der Waals surface area contributed by atoms with Gasteiger partial charge in [-0.05, 0) is 36.1 Å². The number of methoxy groups -OCH3 is 1. The Bertz CT molecular complexity index is 1260. The molecule has 5 N–H and O–H groups in total. The number of nitrogens with zero attached hydrogens (tertiary/aromatic N) is 2. The maximum absolute atomic E-state index is 14.1. The molecule has 2 heterocycles. The van der Waals surface area contributed by atoms with E-state index in [1.165, 1.54) is 13.3 Å². The molecule has 39 heavy (non-hydrogen) atoms. The van der Waals surface area contributed by atoms with Gasteiger partial charge in [-0.2, -0.15) is 0 Å². The Kier molecular flexibility index (Phi) is 8.88. The molecule has 10 nitrogen and oxygen atoms in total. The number of hydrogen-bond acceptors (Lipinski definition) is 6. The van der Waals surface area contributed by atoms with Gasteiger partial charge in [0.1, 0.15) is 17.9 Å². The molecule has 0 bridgehead atoms. The van der Waals surface area contributed by atoms with Gasteiger partial charge in [0, 0.05) is 24.2 Å². The Hall–Kier alpha value is -4.73. The SMILES string of the molecule is COC(=O)N[C@@H](C(=O)N1CCC[C@H]1C(=O)NCc1ccc(C(=N)N)cn1)C(c1ccccc1)c1ccccc1. The van der Waals surface area contributed by atoms with Crippen molar-refractivity contribution in [1.29, 1.82) is 5.41 Å². The molecule has 1 aliphatic heterocycles. The minimum atomic E-state index is -1.00. The predicted octanol–water partition coefficient (Wildman–Crippen LogP) is 2.53. The summed E-state index contributed by atoms with van der Waals surface area (Å²) in [7, 11) is 1.25. The fourth-order valence-corrected chi connectivity index (χ4v) is 4.84. The molecule has 1 aliphatic rings. The smallest absolute Gasteiger partial charge is 0.407 e. The third-order valence-corrected chi connectivity index (χ3v) is 6.79. The van der Waals surface area contributed by atoms with E-state index in [0.717, 1.165) is 11.1 Å². The van der Waals surface area contributed by atoms with Crippen LogP contribution in [0.25, 0.3) is 0 Å². The number of nitrogens with one attached hydrogen (secondary N) is 3. The number of aromatic nitrogens is 1. The van der Waals surface area contributed by atoms with Gasteiger partial charge < -0.3 is 26.0 Å². The topological polar surface area (TPSA) is 150 Å². The normalized spacial score (nSPS) is 15.4. The maximum Gasteiger partial charge on any atom is 0.407 e. The first kappa shape index (κ1) is 27.3. The summed E-state index contributed by atoms with van der Waals surface area (Å²) >= 11 is 0. The van der Waals surface area contributed by atoms with E-state index in [0.29, 0.717) is 30.6 Å². The van der Waals surface area contributed by atoms with Crippen LogP contribution in [0, 0.1) is 5.41 Å². The first-order valence-corrected chi connectivity index (χ1v) is 12.7. The van der Waals surface area contributed by atoms with E-state index >= 15 is 0 Å². The number of carbonyl (C=O) groups excluding carboxylic acids is 3. The lowest BCUT2D eigenvalue weighted by molar-refractivity contribution is -0.140. The molecule has 3 aromatic rings. The van der Waals surface area contributed by atoms with Crippen molar-refractivity contribution in [2.45, 2.75) is 37.4 Å². The standard InChI is InChI=1S/C29H32N6O4/c1-39-29(38)34-25(24(19-9-4-2-5-10-19)20-11-6-3-7-12-20)28(37)35-16-8-13-23(35)27(36)33-18-22-15-14-21(17-32-22)26(30)31/h2-7,9-12,14-15,17,23-25H,8,13,16,18H2,1H3,(H3,30,31)(H,33,36)(H,34,38)/t23-,25+/m0/s1. The fraction of sp³-hybridized carbons (Fsp3) is 0.276. The number of ether oxygens (including phenoxy) is 1. The molecule has 0 aliphatic carbocycles. The molecule has 2 aromatic carbocycles. The van der Waals surface area contributed by atoms with Crippen molar-refractivity contribution in [3.05, 3.63) is 101 Å². The predicted molar refractivity (Wildman–Crippen MR) is 146 cm³/mol. The van der Waals surface area contributed by atoms with Gasteiger partial charge in [0.05, 0.1) is 19.3 Å². The van der Waals surface area contributed by atoms with Crippen LogP contribution in [0.4, 0.5) is 4.79 Å². The van der Waals surface area contributed by atoms with Crippen LogP contribution in [-0.4, -0.2) is 59.4 Å². The molecule has 1 saturated heterocycles. The van der Waals surface area contributed by atoms with Gasteiger partial charge in [0.25, 0.3) is 0 Å². The number of amidine groups is 1. The number of hydrogen-bond donors (Lipinski definition) is 4. The molecule has 4 rings (SSSR count).